The van der Waals surface area contributed by atoms with Gasteiger partial charge in [0.2, 0.25) is 0 Å². The van der Waals surface area contributed by atoms with Crippen molar-refractivity contribution in [3.05, 3.63) is 35.9 Å². The number of rotatable bonds is 3. The molecular weight excluding hydrogens is 210 g/mol. The molecule has 1 aromatic rings. The molecule has 0 aromatic heterocycles. The first kappa shape index (κ1) is 12.6. The number of hydrogen-bond acceptors (Lipinski definition) is 2. The second-order valence-corrected chi connectivity index (χ2v) is 5.50. The summed E-state index contributed by atoms with van der Waals surface area (Å²) in [4.78, 5) is 2.18. The highest BCUT2D eigenvalue weighted by molar-refractivity contribution is 5.24. The number of hydrogen-bond donors (Lipinski definition) is 1. The van der Waals surface area contributed by atoms with Gasteiger partial charge in [-0.2, -0.15) is 0 Å². The Labute approximate surface area is 104 Å². The van der Waals surface area contributed by atoms with Crippen molar-refractivity contribution in [1.82, 2.24) is 4.90 Å². The van der Waals surface area contributed by atoms with Crippen LogP contribution in [0.25, 0.3) is 0 Å². The molecule has 1 fully saturated rings. The zero-order valence-electron chi connectivity index (χ0n) is 10.9. The Morgan fingerprint density at radius 2 is 1.94 bits per heavy atom. The quantitative estimate of drug-likeness (QED) is 0.867. The molecule has 0 radical (unpaired) electrons. The summed E-state index contributed by atoms with van der Waals surface area (Å²) in [6.07, 6.45) is 4.40. The first-order chi connectivity index (χ1) is 8.13. The van der Waals surface area contributed by atoms with Gasteiger partial charge in [0, 0.05) is 12.5 Å². The highest BCUT2D eigenvalue weighted by Crippen LogP contribution is 2.41. The van der Waals surface area contributed by atoms with E-state index in [4.69, 9.17) is 0 Å². The molecule has 1 aliphatic rings. The largest absolute Gasteiger partial charge is 0.385 e. The molecule has 0 spiro atoms. The Kier molecular flexibility index (Phi) is 3.85. The Morgan fingerprint density at radius 3 is 2.59 bits per heavy atom. The van der Waals surface area contributed by atoms with Crippen LogP contribution in [0.4, 0.5) is 0 Å². The van der Waals surface area contributed by atoms with Gasteiger partial charge in [0.25, 0.3) is 0 Å². The second-order valence-electron chi connectivity index (χ2n) is 5.50. The van der Waals surface area contributed by atoms with Crippen LogP contribution in [-0.2, 0) is 5.60 Å². The van der Waals surface area contributed by atoms with Gasteiger partial charge >= 0.3 is 0 Å². The Bertz CT molecular complexity index is 349. The zero-order valence-corrected chi connectivity index (χ0v) is 10.9. The van der Waals surface area contributed by atoms with E-state index in [1.54, 1.807) is 0 Å². The fourth-order valence-corrected chi connectivity index (χ4v) is 3.02. The maximum absolute atomic E-state index is 11.0. The molecule has 2 unspecified atom stereocenters. The Morgan fingerprint density at radius 1 is 1.24 bits per heavy atom. The van der Waals surface area contributed by atoms with Crippen LogP contribution in [0.5, 0.6) is 0 Å². The van der Waals surface area contributed by atoms with Gasteiger partial charge in [-0.3, -0.25) is 0 Å². The highest BCUT2D eigenvalue weighted by atomic mass is 16.3. The maximum Gasteiger partial charge on any atom is 0.0936 e. The summed E-state index contributed by atoms with van der Waals surface area (Å²) < 4.78 is 0. The predicted molar refractivity (Wildman–Crippen MR) is 70.9 cm³/mol. The van der Waals surface area contributed by atoms with Gasteiger partial charge in [-0.1, -0.05) is 43.2 Å². The summed E-state index contributed by atoms with van der Waals surface area (Å²) in [5, 5.41) is 11.0. The fourth-order valence-electron chi connectivity index (χ4n) is 3.02. The van der Waals surface area contributed by atoms with Crippen LogP contribution in [0, 0.1) is 5.92 Å². The van der Waals surface area contributed by atoms with Gasteiger partial charge in [0.1, 0.15) is 0 Å². The van der Waals surface area contributed by atoms with Crippen LogP contribution in [-0.4, -0.2) is 30.6 Å². The van der Waals surface area contributed by atoms with E-state index >= 15 is 0 Å². The molecule has 2 nitrogen and oxygen atoms in total. The third kappa shape index (κ3) is 2.70. The zero-order chi connectivity index (χ0) is 12.3. The summed E-state index contributed by atoms with van der Waals surface area (Å²) in [5.41, 5.74) is 0.468. The second kappa shape index (κ2) is 5.19. The van der Waals surface area contributed by atoms with E-state index in [2.05, 4.69) is 31.1 Å². The molecule has 2 heteroatoms. The molecule has 1 aromatic carbocycles. The van der Waals surface area contributed by atoms with Gasteiger partial charge in [-0.15, -0.1) is 0 Å². The van der Waals surface area contributed by atoms with E-state index in [1.165, 1.54) is 6.42 Å². The molecule has 1 aliphatic carbocycles. The van der Waals surface area contributed by atoms with Crippen LogP contribution in [0.2, 0.25) is 0 Å². The van der Waals surface area contributed by atoms with Crippen LogP contribution in [0.1, 0.15) is 31.2 Å². The average Bonchev–Trinajstić information content (AvgIpc) is 2.33. The maximum atomic E-state index is 11.0. The lowest BCUT2D eigenvalue weighted by Gasteiger charge is -2.41. The molecule has 1 N–H and O–H groups in total. The summed E-state index contributed by atoms with van der Waals surface area (Å²) in [5.74, 6) is 0.355. The molecule has 2 atom stereocenters. The molecule has 0 saturated heterocycles. The van der Waals surface area contributed by atoms with Crippen LogP contribution >= 0.6 is 0 Å². The van der Waals surface area contributed by atoms with E-state index in [0.717, 1.165) is 31.4 Å². The molecular formula is C15H23NO. The first-order valence-electron chi connectivity index (χ1n) is 6.55. The highest BCUT2D eigenvalue weighted by Gasteiger charge is 2.40. The summed E-state index contributed by atoms with van der Waals surface area (Å²) >= 11 is 0. The first-order valence-corrected chi connectivity index (χ1v) is 6.55. The van der Waals surface area contributed by atoms with Crippen LogP contribution in [0.15, 0.2) is 30.3 Å². The van der Waals surface area contributed by atoms with E-state index < -0.39 is 5.60 Å². The van der Waals surface area contributed by atoms with E-state index in [1.807, 2.05) is 18.2 Å². The van der Waals surface area contributed by atoms with Crippen molar-refractivity contribution in [2.75, 3.05) is 20.6 Å². The minimum Gasteiger partial charge on any atom is -0.385 e. The fraction of sp³-hybridized carbons (Fsp3) is 0.600. The molecule has 0 bridgehead atoms. The molecule has 2 rings (SSSR count). The number of aliphatic hydroxyl groups is 1. The van der Waals surface area contributed by atoms with E-state index in [9.17, 15) is 5.11 Å². The van der Waals surface area contributed by atoms with Gasteiger partial charge in [-0.25, -0.2) is 0 Å². The van der Waals surface area contributed by atoms with E-state index in [-0.39, 0.29) is 0 Å². The van der Waals surface area contributed by atoms with Crippen molar-refractivity contribution in [2.45, 2.75) is 31.3 Å². The van der Waals surface area contributed by atoms with Crippen molar-refractivity contribution < 1.29 is 5.11 Å². The lowest BCUT2D eigenvalue weighted by Crippen LogP contribution is -2.42. The molecule has 1 saturated carbocycles. The van der Waals surface area contributed by atoms with Crippen LogP contribution in [0.3, 0.4) is 0 Å². The van der Waals surface area contributed by atoms with Crippen molar-refractivity contribution >= 4 is 0 Å². The van der Waals surface area contributed by atoms with Crippen molar-refractivity contribution in [1.29, 1.82) is 0 Å². The topological polar surface area (TPSA) is 23.5 Å². The van der Waals surface area contributed by atoms with Gasteiger partial charge in [-0.05, 0) is 32.5 Å². The Hall–Kier alpha value is -0.860. The lowest BCUT2D eigenvalue weighted by molar-refractivity contribution is -0.0618. The van der Waals surface area contributed by atoms with Crippen molar-refractivity contribution in [3.8, 4) is 0 Å². The van der Waals surface area contributed by atoms with Gasteiger partial charge < -0.3 is 10.0 Å². The van der Waals surface area contributed by atoms with Crippen molar-refractivity contribution in [3.63, 3.8) is 0 Å². The molecule has 0 heterocycles. The third-order valence-corrected chi connectivity index (χ3v) is 3.90. The minimum atomic E-state index is -0.621. The third-order valence-electron chi connectivity index (χ3n) is 3.90. The monoisotopic (exact) mass is 233 g/mol. The predicted octanol–water partition coefficient (Wildman–Crippen LogP) is 2.63. The average molecular weight is 233 g/mol. The molecule has 0 amide bonds. The van der Waals surface area contributed by atoms with Crippen LogP contribution < -0.4 is 0 Å². The number of benzene rings is 1. The SMILES string of the molecule is CN(C)CC1CCCCC1(O)c1ccccc1. The smallest absolute Gasteiger partial charge is 0.0936 e. The number of nitrogens with zero attached hydrogens (tertiary/aromatic N) is 1. The minimum absolute atomic E-state index is 0.355. The van der Waals surface area contributed by atoms with Crippen molar-refractivity contribution in [2.24, 2.45) is 5.92 Å². The van der Waals surface area contributed by atoms with Gasteiger partial charge in [0.15, 0.2) is 0 Å². The standard InChI is InChI=1S/C15H23NO/c1-16(2)12-14-10-6-7-11-15(14,17)13-8-4-3-5-9-13/h3-5,8-9,14,17H,6-7,10-12H2,1-2H3. The molecule has 0 aliphatic heterocycles. The lowest BCUT2D eigenvalue weighted by atomic mass is 9.71. The summed E-state index contributed by atoms with van der Waals surface area (Å²) in [6, 6.07) is 10.2. The van der Waals surface area contributed by atoms with E-state index in [0.29, 0.717) is 5.92 Å². The normalized spacial score (nSPS) is 29.5. The molecule has 94 valence electrons. The molecule has 17 heavy (non-hydrogen) atoms. The summed E-state index contributed by atoms with van der Waals surface area (Å²) in [7, 11) is 4.17. The van der Waals surface area contributed by atoms with Gasteiger partial charge in [0.05, 0.1) is 5.60 Å². The summed E-state index contributed by atoms with van der Waals surface area (Å²) in [6.45, 7) is 0.964. The Balaban J connectivity index is 2.25.